The minimum absolute atomic E-state index is 0.421. The average Bonchev–Trinajstić information content (AvgIpc) is 2.87. The molecule has 0 spiro atoms. The second-order valence-corrected chi connectivity index (χ2v) is 5.95. The van der Waals surface area contributed by atoms with Gasteiger partial charge in [0.25, 0.3) is 0 Å². The van der Waals surface area contributed by atoms with Crippen LogP contribution in [-0.4, -0.2) is 12.1 Å². The van der Waals surface area contributed by atoms with Crippen molar-refractivity contribution in [3.63, 3.8) is 0 Å². The van der Waals surface area contributed by atoms with Crippen molar-refractivity contribution in [3.05, 3.63) is 22.4 Å². The molecule has 1 aromatic rings. The van der Waals surface area contributed by atoms with E-state index < -0.39 is 0 Å². The van der Waals surface area contributed by atoms with E-state index in [1.807, 2.05) is 11.3 Å². The fourth-order valence-electron chi connectivity index (χ4n) is 2.63. The van der Waals surface area contributed by atoms with Gasteiger partial charge in [0, 0.05) is 10.4 Å². The van der Waals surface area contributed by atoms with Crippen molar-refractivity contribution in [2.45, 2.75) is 45.1 Å². The van der Waals surface area contributed by atoms with Crippen molar-refractivity contribution in [2.24, 2.45) is 5.92 Å². The summed E-state index contributed by atoms with van der Waals surface area (Å²) >= 11 is 1.89. The smallest absolute Gasteiger partial charge is 0.0208 e. The molecule has 1 aliphatic heterocycles. The van der Waals surface area contributed by atoms with Gasteiger partial charge >= 0.3 is 0 Å². The number of thiophene rings is 1. The Morgan fingerprint density at radius 1 is 1.53 bits per heavy atom. The molecule has 0 saturated carbocycles. The summed E-state index contributed by atoms with van der Waals surface area (Å²) in [6, 6.07) is 4.41. The molecule has 1 unspecified atom stereocenters. The molecular weight excluding hydrogens is 202 g/mol. The molecule has 1 aliphatic rings. The Balaban J connectivity index is 1.96. The second-order valence-electron chi connectivity index (χ2n) is 4.92. The Hall–Kier alpha value is -0.340. The van der Waals surface area contributed by atoms with E-state index in [1.165, 1.54) is 37.1 Å². The van der Waals surface area contributed by atoms with E-state index in [4.69, 9.17) is 0 Å². The van der Waals surface area contributed by atoms with Crippen LogP contribution < -0.4 is 5.32 Å². The van der Waals surface area contributed by atoms with E-state index >= 15 is 0 Å². The van der Waals surface area contributed by atoms with Crippen LogP contribution in [0.5, 0.6) is 0 Å². The summed E-state index contributed by atoms with van der Waals surface area (Å²) < 4.78 is 0. The molecule has 0 amide bonds. The molecule has 1 fully saturated rings. The van der Waals surface area contributed by atoms with Gasteiger partial charge in [-0.15, -0.1) is 11.3 Å². The maximum absolute atomic E-state index is 3.74. The quantitative estimate of drug-likeness (QED) is 0.824. The molecular formula is C13H21NS. The van der Waals surface area contributed by atoms with Crippen LogP contribution in [0.4, 0.5) is 0 Å². The lowest BCUT2D eigenvalue weighted by molar-refractivity contribution is 0.253. The summed E-state index contributed by atoms with van der Waals surface area (Å²) in [7, 11) is 0. The van der Waals surface area contributed by atoms with Crippen LogP contribution in [0.15, 0.2) is 17.5 Å². The van der Waals surface area contributed by atoms with Crippen molar-refractivity contribution in [2.75, 3.05) is 6.54 Å². The summed E-state index contributed by atoms with van der Waals surface area (Å²) in [6.45, 7) is 5.92. The Kier molecular flexibility index (Phi) is 3.47. The van der Waals surface area contributed by atoms with Crippen LogP contribution in [-0.2, 0) is 6.42 Å². The maximum Gasteiger partial charge on any atom is 0.0208 e. The third-order valence-electron chi connectivity index (χ3n) is 3.78. The van der Waals surface area contributed by atoms with Gasteiger partial charge in [-0.2, -0.15) is 0 Å². The van der Waals surface area contributed by atoms with E-state index in [2.05, 4.69) is 36.7 Å². The third kappa shape index (κ3) is 2.43. The van der Waals surface area contributed by atoms with Gasteiger partial charge in [-0.3, -0.25) is 0 Å². The molecule has 2 heteroatoms. The molecule has 2 heterocycles. The van der Waals surface area contributed by atoms with Crippen molar-refractivity contribution in [3.8, 4) is 0 Å². The highest BCUT2D eigenvalue weighted by atomic mass is 32.1. The largest absolute Gasteiger partial charge is 0.311 e. The summed E-state index contributed by atoms with van der Waals surface area (Å²) in [5, 5.41) is 5.92. The molecule has 84 valence electrons. The number of hydrogen-bond donors (Lipinski definition) is 1. The summed E-state index contributed by atoms with van der Waals surface area (Å²) in [6.07, 6.45) is 5.24. The molecule has 2 rings (SSSR count). The molecule has 0 aliphatic carbocycles. The predicted molar refractivity (Wildman–Crippen MR) is 67.4 cm³/mol. The van der Waals surface area contributed by atoms with Gasteiger partial charge in [0.2, 0.25) is 0 Å². The first-order chi connectivity index (χ1) is 7.23. The van der Waals surface area contributed by atoms with Crippen molar-refractivity contribution >= 4 is 11.3 Å². The van der Waals surface area contributed by atoms with Gasteiger partial charge in [0.05, 0.1) is 0 Å². The zero-order chi connectivity index (χ0) is 10.7. The monoisotopic (exact) mass is 223 g/mol. The van der Waals surface area contributed by atoms with Gasteiger partial charge < -0.3 is 5.32 Å². The van der Waals surface area contributed by atoms with E-state index in [0.29, 0.717) is 5.54 Å². The zero-order valence-electron chi connectivity index (χ0n) is 9.75. The van der Waals surface area contributed by atoms with E-state index in [9.17, 15) is 0 Å². The van der Waals surface area contributed by atoms with Crippen LogP contribution in [0, 0.1) is 5.92 Å². The van der Waals surface area contributed by atoms with Gasteiger partial charge in [0.1, 0.15) is 0 Å². The lowest BCUT2D eigenvalue weighted by Gasteiger charge is -2.34. The molecule has 0 aromatic carbocycles. The molecule has 1 nitrogen and oxygen atoms in total. The molecule has 0 bridgehead atoms. The molecule has 1 aromatic heterocycles. The SMILES string of the molecule is CC(C)C1(CCc2cccs2)CCCN1. The Morgan fingerprint density at radius 2 is 2.40 bits per heavy atom. The van der Waals surface area contributed by atoms with E-state index in [0.717, 1.165) is 5.92 Å². The summed E-state index contributed by atoms with van der Waals surface area (Å²) in [5.74, 6) is 0.750. The summed E-state index contributed by atoms with van der Waals surface area (Å²) in [4.78, 5) is 1.53. The Bertz CT molecular complexity index is 283. The fourth-order valence-corrected chi connectivity index (χ4v) is 3.33. The van der Waals surface area contributed by atoms with Crippen LogP contribution in [0.1, 0.15) is 38.0 Å². The molecule has 1 saturated heterocycles. The van der Waals surface area contributed by atoms with E-state index in [1.54, 1.807) is 0 Å². The molecule has 15 heavy (non-hydrogen) atoms. The Morgan fingerprint density at radius 3 is 2.93 bits per heavy atom. The highest BCUT2D eigenvalue weighted by molar-refractivity contribution is 7.09. The van der Waals surface area contributed by atoms with Crippen LogP contribution in [0.3, 0.4) is 0 Å². The minimum atomic E-state index is 0.421. The minimum Gasteiger partial charge on any atom is -0.311 e. The van der Waals surface area contributed by atoms with Crippen molar-refractivity contribution in [1.29, 1.82) is 0 Å². The lowest BCUT2D eigenvalue weighted by atomic mass is 9.81. The first-order valence-corrected chi connectivity index (χ1v) is 6.88. The number of aryl methyl sites for hydroxylation is 1. The highest BCUT2D eigenvalue weighted by Gasteiger charge is 2.35. The van der Waals surface area contributed by atoms with Gasteiger partial charge in [-0.1, -0.05) is 19.9 Å². The average molecular weight is 223 g/mol. The normalized spacial score (nSPS) is 26.3. The molecule has 0 radical (unpaired) electrons. The number of rotatable bonds is 4. The van der Waals surface area contributed by atoms with Gasteiger partial charge in [-0.05, 0) is 49.6 Å². The zero-order valence-corrected chi connectivity index (χ0v) is 10.6. The standard InChI is InChI=1S/C13H21NS/c1-11(2)13(7-4-9-14-13)8-6-12-5-3-10-15-12/h3,5,10-11,14H,4,6-9H2,1-2H3. The second kappa shape index (κ2) is 4.67. The van der Waals surface area contributed by atoms with Crippen LogP contribution >= 0.6 is 11.3 Å². The van der Waals surface area contributed by atoms with Crippen LogP contribution in [0.25, 0.3) is 0 Å². The highest BCUT2D eigenvalue weighted by Crippen LogP contribution is 2.32. The Labute approximate surface area is 96.9 Å². The van der Waals surface area contributed by atoms with Crippen molar-refractivity contribution < 1.29 is 0 Å². The first kappa shape index (κ1) is 11.2. The topological polar surface area (TPSA) is 12.0 Å². The van der Waals surface area contributed by atoms with Gasteiger partial charge in [-0.25, -0.2) is 0 Å². The fraction of sp³-hybridized carbons (Fsp3) is 0.692. The lowest BCUT2D eigenvalue weighted by Crippen LogP contribution is -2.45. The number of nitrogens with one attached hydrogen (secondary N) is 1. The number of hydrogen-bond acceptors (Lipinski definition) is 2. The van der Waals surface area contributed by atoms with Gasteiger partial charge in [0.15, 0.2) is 0 Å². The summed E-state index contributed by atoms with van der Waals surface area (Å²) in [5.41, 5.74) is 0.421. The first-order valence-electron chi connectivity index (χ1n) is 6.00. The molecule has 1 N–H and O–H groups in total. The third-order valence-corrected chi connectivity index (χ3v) is 4.72. The van der Waals surface area contributed by atoms with Crippen molar-refractivity contribution in [1.82, 2.24) is 5.32 Å². The van der Waals surface area contributed by atoms with Crippen LogP contribution in [0.2, 0.25) is 0 Å². The molecule has 1 atom stereocenters. The predicted octanol–water partition coefficient (Wildman–Crippen LogP) is 3.46. The maximum atomic E-state index is 3.74. The van der Waals surface area contributed by atoms with E-state index in [-0.39, 0.29) is 0 Å².